The van der Waals surface area contributed by atoms with Crippen molar-refractivity contribution in [1.29, 1.82) is 0 Å². The number of carbonyl (C=O) groups excluding carboxylic acids is 1. The van der Waals surface area contributed by atoms with Crippen LogP contribution in [0.5, 0.6) is 11.5 Å². The van der Waals surface area contributed by atoms with Gasteiger partial charge < -0.3 is 19.3 Å². The molecule has 0 fully saturated rings. The standard InChI is InChI=1S/C10H10O6S/c11-8(12)1-2-9(13)16-10-3-14-6-4-17-5-7(6)15-10/h4-5,10H,1-3H2,(H,11,12). The number of hydrogen-bond donors (Lipinski definition) is 1. The molecule has 0 bridgehead atoms. The summed E-state index contributed by atoms with van der Waals surface area (Å²) in [7, 11) is 0. The Morgan fingerprint density at radius 3 is 2.94 bits per heavy atom. The van der Waals surface area contributed by atoms with E-state index in [4.69, 9.17) is 19.3 Å². The maximum atomic E-state index is 11.2. The van der Waals surface area contributed by atoms with Crippen molar-refractivity contribution >= 4 is 23.3 Å². The normalized spacial score (nSPS) is 17.5. The quantitative estimate of drug-likeness (QED) is 0.818. The molecule has 0 saturated heterocycles. The number of thiophene rings is 1. The predicted molar refractivity (Wildman–Crippen MR) is 57.2 cm³/mol. The molecule has 0 aromatic carbocycles. The number of carboxylic acid groups (broad SMARTS) is 1. The fraction of sp³-hybridized carbons (Fsp3) is 0.400. The third-order valence-corrected chi connectivity index (χ3v) is 2.73. The van der Waals surface area contributed by atoms with E-state index in [-0.39, 0.29) is 19.4 Å². The molecule has 2 heterocycles. The second kappa shape index (κ2) is 5.05. The summed E-state index contributed by atoms with van der Waals surface area (Å²) >= 11 is 1.42. The van der Waals surface area contributed by atoms with E-state index in [0.717, 1.165) is 0 Å². The molecule has 1 aromatic heterocycles. The first-order chi connectivity index (χ1) is 8.15. The van der Waals surface area contributed by atoms with Crippen LogP contribution in [0.2, 0.25) is 0 Å². The molecular formula is C10H10O6S. The van der Waals surface area contributed by atoms with E-state index < -0.39 is 18.2 Å². The van der Waals surface area contributed by atoms with Crippen molar-refractivity contribution in [3.8, 4) is 11.5 Å². The van der Waals surface area contributed by atoms with Gasteiger partial charge in [-0.2, -0.15) is 0 Å². The van der Waals surface area contributed by atoms with Crippen molar-refractivity contribution in [2.75, 3.05) is 6.61 Å². The summed E-state index contributed by atoms with van der Waals surface area (Å²) in [5.41, 5.74) is 0. The first kappa shape index (κ1) is 11.7. The summed E-state index contributed by atoms with van der Waals surface area (Å²) < 4.78 is 15.6. The Bertz CT molecular complexity index is 426. The third-order valence-electron chi connectivity index (χ3n) is 2.03. The van der Waals surface area contributed by atoms with Crippen LogP contribution in [0, 0.1) is 0 Å². The lowest BCUT2D eigenvalue weighted by Crippen LogP contribution is -2.33. The second-order valence-electron chi connectivity index (χ2n) is 3.34. The van der Waals surface area contributed by atoms with Crippen molar-refractivity contribution in [3.05, 3.63) is 10.8 Å². The van der Waals surface area contributed by atoms with Gasteiger partial charge >= 0.3 is 11.9 Å². The monoisotopic (exact) mass is 258 g/mol. The van der Waals surface area contributed by atoms with E-state index in [1.807, 2.05) is 0 Å². The molecule has 0 spiro atoms. The topological polar surface area (TPSA) is 82.1 Å². The molecule has 2 rings (SSSR count). The Kier molecular flexibility index (Phi) is 3.48. The minimum absolute atomic E-state index is 0.114. The molecule has 6 nitrogen and oxygen atoms in total. The number of rotatable bonds is 4. The molecule has 0 radical (unpaired) electrons. The van der Waals surface area contributed by atoms with E-state index in [0.29, 0.717) is 11.5 Å². The summed E-state index contributed by atoms with van der Waals surface area (Å²) in [6.45, 7) is 0.114. The van der Waals surface area contributed by atoms with Crippen LogP contribution in [0.1, 0.15) is 12.8 Å². The zero-order chi connectivity index (χ0) is 12.3. The smallest absolute Gasteiger partial charge is 0.309 e. The molecule has 7 heteroatoms. The highest BCUT2D eigenvalue weighted by atomic mass is 32.1. The highest BCUT2D eigenvalue weighted by molar-refractivity contribution is 7.08. The van der Waals surface area contributed by atoms with E-state index in [1.54, 1.807) is 10.8 Å². The number of carboxylic acids is 1. The Hall–Kier alpha value is -1.76. The molecule has 1 aliphatic heterocycles. The zero-order valence-corrected chi connectivity index (χ0v) is 9.57. The van der Waals surface area contributed by atoms with Gasteiger partial charge in [0.2, 0.25) is 0 Å². The van der Waals surface area contributed by atoms with Crippen molar-refractivity contribution in [1.82, 2.24) is 0 Å². The van der Waals surface area contributed by atoms with Gasteiger partial charge in [-0.15, -0.1) is 11.3 Å². The molecule has 17 heavy (non-hydrogen) atoms. The number of fused-ring (bicyclic) bond motifs is 1. The lowest BCUT2D eigenvalue weighted by molar-refractivity contribution is -0.171. The summed E-state index contributed by atoms with van der Waals surface area (Å²) in [6.07, 6.45) is -1.24. The van der Waals surface area contributed by atoms with Crippen LogP contribution >= 0.6 is 11.3 Å². The molecule has 1 aromatic rings. The summed E-state index contributed by atoms with van der Waals surface area (Å²) in [4.78, 5) is 21.5. The molecule has 92 valence electrons. The molecule has 1 N–H and O–H groups in total. The summed E-state index contributed by atoms with van der Waals surface area (Å²) in [5, 5.41) is 11.9. The van der Waals surface area contributed by atoms with Gasteiger partial charge in [0.15, 0.2) is 18.1 Å². The third kappa shape index (κ3) is 3.10. The number of aliphatic carboxylic acids is 1. The molecule has 0 saturated carbocycles. The van der Waals surface area contributed by atoms with Crippen LogP contribution in [0.3, 0.4) is 0 Å². The van der Waals surface area contributed by atoms with Crippen molar-refractivity contribution in [2.45, 2.75) is 19.1 Å². The Labute approximate surface area is 101 Å². The summed E-state index contributed by atoms with van der Waals surface area (Å²) in [6, 6.07) is 0. The van der Waals surface area contributed by atoms with Gasteiger partial charge in [0, 0.05) is 10.8 Å². The van der Waals surface area contributed by atoms with Crippen LogP contribution in [0.4, 0.5) is 0 Å². The van der Waals surface area contributed by atoms with Gasteiger partial charge in [0.25, 0.3) is 6.29 Å². The first-order valence-corrected chi connectivity index (χ1v) is 5.86. The average Bonchev–Trinajstić information content (AvgIpc) is 2.73. The Morgan fingerprint density at radius 2 is 2.18 bits per heavy atom. The van der Waals surface area contributed by atoms with Gasteiger partial charge in [-0.1, -0.05) is 0 Å². The number of carbonyl (C=O) groups is 2. The fourth-order valence-electron chi connectivity index (χ4n) is 1.27. The fourth-order valence-corrected chi connectivity index (χ4v) is 1.94. The molecular weight excluding hydrogens is 248 g/mol. The van der Waals surface area contributed by atoms with Crippen molar-refractivity contribution < 1.29 is 28.9 Å². The Balaban J connectivity index is 1.81. The molecule has 1 atom stereocenters. The van der Waals surface area contributed by atoms with Crippen molar-refractivity contribution in [2.24, 2.45) is 0 Å². The van der Waals surface area contributed by atoms with Crippen LogP contribution < -0.4 is 9.47 Å². The van der Waals surface area contributed by atoms with E-state index in [2.05, 4.69) is 0 Å². The average molecular weight is 258 g/mol. The SMILES string of the molecule is O=C(O)CCC(=O)OC1COc2cscc2O1. The van der Waals surface area contributed by atoms with Gasteiger partial charge in [0.1, 0.15) is 0 Å². The summed E-state index contributed by atoms with van der Waals surface area (Å²) in [5.74, 6) is -0.479. The van der Waals surface area contributed by atoms with Crippen LogP contribution in [-0.2, 0) is 14.3 Å². The Morgan fingerprint density at radius 1 is 1.41 bits per heavy atom. The zero-order valence-electron chi connectivity index (χ0n) is 8.75. The van der Waals surface area contributed by atoms with Crippen LogP contribution in [0.25, 0.3) is 0 Å². The van der Waals surface area contributed by atoms with Gasteiger partial charge in [-0.25, -0.2) is 0 Å². The van der Waals surface area contributed by atoms with Crippen LogP contribution in [0.15, 0.2) is 10.8 Å². The second-order valence-corrected chi connectivity index (χ2v) is 4.09. The molecule has 0 amide bonds. The lowest BCUT2D eigenvalue weighted by atomic mass is 10.3. The lowest BCUT2D eigenvalue weighted by Gasteiger charge is -2.23. The van der Waals surface area contributed by atoms with E-state index >= 15 is 0 Å². The van der Waals surface area contributed by atoms with Gasteiger partial charge in [0.05, 0.1) is 12.8 Å². The number of esters is 1. The number of hydrogen-bond acceptors (Lipinski definition) is 6. The highest BCUT2D eigenvalue weighted by Gasteiger charge is 2.24. The van der Waals surface area contributed by atoms with Crippen molar-refractivity contribution in [3.63, 3.8) is 0 Å². The number of ether oxygens (including phenoxy) is 3. The van der Waals surface area contributed by atoms with Gasteiger partial charge in [-0.3, -0.25) is 9.59 Å². The van der Waals surface area contributed by atoms with E-state index in [9.17, 15) is 9.59 Å². The van der Waals surface area contributed by atoms with Gasteiger partial charge in [-0.05, 0) is 0 Å². The largest absolute Gasteiger partial charge is 0.481 e. The minimum atomic E-state index is -1.04. The molecule has 0 aliphatic carbocycles. The van der Waals surface area contributed by atoms with Crippen LogP contribution in [-0.4, -0.2) is 29.9 Å². The minimum Gasteiger partial charge on any atom is -0.481 e. The maximum Gasteiger partial charge on any atom is 0.309 e. The molecule has 1 unspecified atom stereocenters. The van der Waals surface area contributed by atoms with E-state index in [1.165, 1.54) is 11.3 Å². The molecule has 1 aliphatic rings. The maximum absolute atomic E-state index is 11.2. The predicted octanol–water partition coefficient (Wildman–Crippen LogP) is 1.25. The first-order valence-electron chi connectivity index (χ1n) is 4.92. The highest BCUT2D eigenvalue weighted by Crippen LogP contribution is 2.35.